The minimum atomic E-state index is -4.87. The smallest absolute Gasteiger partial charge is 0.487 e. The van der Waals surface area contributed by atoms with Gasteiger partial charge in [-0.15, -0.1) is 13.2 Å². The van der Waals surface area contributed by atoms with Crippen LogP contribution in [0.15, 0.2) is 18.2 Å². The number of benzene rings is 1. The summed E-state index contributed by atoms with van der Waals surface area (Å²) in [5.41, 5.74) is 4.88. The molecule has 8 heteroatoms. The second-order valence-corrected chi connectivity index (χ2v) is 5.80. The monoisotopic (exact) mass is 327 g/mol. The van der Waals surface area contributed by atoms with Gasteiger partial charge in [-0.25, -0.2) is 8.78 Å². The fraction of sp³-hybridized carbons (Fsp3) is 0.571. The van der Waals surface area contributed by atoms with Crippen molar-refractivity contribution in [3.63, 3.8) is 0 Å². The van der Waals surface area contributed by atoms with Gasteiger partial charge >= 0.3 is 6.36 Å². The van der Waals surface area contributed by atoms with E-state index in [1.54, 1.807) is 20.8 Å². The number of hydrogen-bond donors (Lipinski definition) is 1. The first kappa shape index (κ1) is 18.5. The highest BCUT2D eigenvalue weighted by Crippen LogP contribution is 2.36. The number of ether oxygens (including phenoxy) is 2. The van der Waals surface area contributed by atoms with Crippen LogP contribution in [0.4, 0.5) is 22.0 Å². The van der Waals surface area contributed by atoms with E-state index in [-0.39, 0.29) is 5.75 Å². The van der Waals surface area contributed by atoms with Crippen LogP contribution >= 0.6 is 0 Å². The van der Waals surface area contributed by atoms with Gasteiger partial charge in [0.2, 0.25) is 0 Å². The Kier molecular flexibility index (Phi) is 5.27. The van der Waals surface area contributed by atoms with E-state index in [1.807, 2.05) is 0 Å². The van der Waals surface area contributed by atoms with E-state index in [4.69, 9.17) is 10.5 Å². The zero-order valence-corrected chi connectivity index (χ0v) is 12.4. The molecule has 22 heavy (non-hydrogen) atoms. The fourth-order valence-electron chi connectivity index (χ4n) is 1.68. The number of alkyl halides is 5. The molecule has 0 fully saturated rings. The van der Waals surface area contributed by atoms with Gasteiger partial charge in [-0.05, 0) is 17.0 Å². The summed E-state index contributed by atoms with van der Waals surface area (Å²) in [6, 6.07) is 3.42. The van der Waals surface area contributed by atoms with Crippen molar-refractivity contribution in [3.05, 3.63) is 23.8 Å². The van der Waals surface area contributed by atoms with Gasteiger partial charge in [0.15, 0.2) is 6.61 Å². The Morgan fingerprint density at radius 2 is 1.64 bits per heavy atom. The predicted octanol–water partition coefficient (Wildman–Crippen LogP) is 3.86. The van der Waals surface area contributed by atoms with Gasteiger partial charge in [0.05, 0.1) is 6.54 Å². The van der Waals surface area contributed by atoms with Crippen molar-refractivity contribution < 1.29 is 31.4 Å². The summed E-state index contributed by atoms with van der Waals surface area (Å²) >= 11 is 0. The Labute approximate surface area is 125 Å². The molecule has 3 nitrogen and oxygen atoms in total. The molecule has 2 N–H and O–H groups in total. The minimum absolute atomic E-state index is 0.0950. The number of halogens is 5. The SMILES string of the molecule is CC(C)(C)c1ccc(OC(F)(F)F)cc1OCC(F)(F)CN. The van der Waals surface area contributed by atoms with Gasteiger partial charge < -0.3 is 15.2 Å². The topological polar surface area (TPSA) is 44.5 Å². The van der Waals surface area contributed by atoms with Crippen molar-refractivity contribution in [3.8, 4) is 11.5 Å². The molecule has 126 valence electrons. The molecule has 0 radical (unpaired) electrons. The molecule has 0 atom stereocenters. The minimum Gasteiger partial charge on any atom is -0.487 e. The first-order chi connectivity index (χ1) is 9.84. The molecule has 0 saturated carbocycles. The fourth-order valence-corrected chi connectivity index (χ4v) is 1.68. The van der Waals surface area contributed by atoms with Crippen molar-refractivity contribution >= 4 is 0 Å². The Balaban J connectivity index is 3.10. The number of hydrogen-bond acceptors (Lipinski definition) is 3. The molecule has 0 unspecified atom stereocenters. The summed E-state index contributed by atoms with van der Waals surface area (Å²) in [5.74, 6) is -3.90. The van der Waals surface area contributed by atoms with Crippen molar-refractivity contribution in [2.24, 2.45) is 5.73 Å². The van der Waals surface area contributed by atoms with Crippen LogP contribution in [0.2, 0.25) is 0 Å². The van der Waals surface area contributed by atoms with E-state index in [2.05, 4.69) is 4.74 Å². The van der Waals surface area contributed by atoms with Gasteiger partial charge in [0, 0.05) is 6.07 Å². The van der Waals surface area contributed by atoms with Gasteiger partial charge in [-0.1, -0.05) is 26.8 Å². The Hall–Kier alpha value is -1.57. The highest BCUT2D eigenvalue weighted by Gasteiger charge is 2.33. The number of nitrogens with two attached hydrogens (primary N) is 1. The Morgan fingerprint density at radius 1 is 1.05 bits per heavy atom. The quantitative estimate of drug-likeness (QED) is 0.835. The standard InChI is InChI=1S/C14H18F5NO2/c1-12(2,3)10-5-4-9(22-14(17,18)19)6-11(10)21-8-13(15,16)7-20/h4-6H,7-8,20H2,1-3H3. The lowest BCUT2D eigenvalue weighted by Crippen LogP contribution is -2.34. The van der Waals surface area contributed by atoms with Crippen LogP contribution in [-0.2, 0) is 5.41 Å². The third kappa shape index (κ3) is 5.67. The molecular formula is C14H18F5NO2. The maximum absolute atomic E-state index is 13.2. The first-order valence-corrected chi connectivity index (χ1v) is 6.45. The second kappa shape index (κ2) is 6.28. The van der Waals surface area contributed by atoms with E-state index < -0.39 is 36.6 Å². The number of rotatable bonds is 5. The van der Waals surface area contributed by atoms with Gasteiger partial charge in [0.1, 0.15) is 11.5 Å². The van der Waals surface area contributed by atoms with Crippen LogP contribution in [0, 0.1) is 0 Å². The van der Waals surface area contributed by atoms with Crippen molar-refractivity contribution in [2.45, 2.75) is 38.5 Å². The van der Waals surface area contributed by atoms with Crippen molar-refractivity contribution in [1.29, 1.82) is 0 Å². The summed E-state index contributed by atoms with van der Waals surface area (Å²) in [5, 5.41) is 0. The zero-order valence-electron chi connectivity index (χ0n) is 12.4. The summed E-state index contributed by atoms with van der Waals surface area (Å²) in [7, 11) is 0. The summed E-state index contributed by atoms with van der Waals surface area (Å²) in [6.07, 6.45) is -4.87. The lowest BCUT2D eigenvalue weighted by Gasteiger charge is -2.25. The molecule has 0 spiro atoms. The molecule has 0 bridgehead atoms. The first-order valence-electron chi connectivity index (χ1n) is 6.45. The van der Waals surface area contributed by atoms with Crippen molar-refractivity contribution in [1.82, 2.24) is 0 Å². The van der Waals surface area contributed by atoms with Crippen LogP contribution in [0.25, 0.3) is 0 Å². The van der Waals surface area contributed by atoms with Crippen LogP contribution in [0.1, 0.15) is 26.3 Å². The molecule has 0 amide bonds. The lowest BCUT2D eigenvalue weighted by atomic mass is 9.86. The zero-order chi connectivity index (χ0) is 17.2. The lowest BCUT2D eigenvalue weighted by molar-refractivity contribution is -0.274. The Morgan fingerprint density at radius 3 is 2.09 bits per heavy atom. The van der Waals surface area contributed by atoms with E-state index in [1.165, 1.54) is 6.07 Å². The van der Waals surface area contributed by atoms with E-state index >= 15 is 0 Å². The summed E-state index contributed by atoms with van der Waals surface area (Å²) in [4.78, 5) is 0. The molecule has 0 aliphatic heterocycles. The molecule has 0 saturated heterocycles. The maximum Gasteiger partial charge on any atom is 0.573 e. The largest absolute Gasteiger partial charge is 0.573 e. The average Bonchev–Trinajstić information content (AvgIpc) is 2.33. The molecule has 0 aliphatic carbocycles. The summed E-state index contributed by atoms with van der Waals surface area (Å²) < 4.78 is 71.8. The third-order valence-electron chi connectivity index (χ3n) is 2.73. The van der Waals surface area contributed by atoms with Crippen LogP contribution in [-0.4, -0.2) is 25.4 Å². The normalized spacial score (nSPS) is 13.1. The molecule has 1 aromatic carbocycles. The van der Waals surface area contributed by atoms with Crippen LogP contribution < -0.4 is 15.2 Å². The third-order valence-corrected chi connectivity index (χ3v) is 2.73. The summed E-state index contributed by atoms with van der Waals surface area (Å²) in [6.45, 7) is 3.39. The Bertz CT molecular complexity index is 509. The molecular weight excluding hydrogens is 309 g/mol. The highest BCUT2D eigenvalue weighted by molar-refractivity contribution is 5.44. The molecule has 1 aromatic rings. The van der Waals surface area contributed by atoms with E-state index in [0.29, 0.717) is 5.56 Å². The van der Waals surface area contributed by atoms with Crippen molar-refractivity contribution in [2.75, 3.05) is 13.2 Å². The molecule has 0 aliphatic rings. The predicted molar refractivity (Wildman–Crippen MR) is 71.3 cm³/mol. The van der Waals surface area contributed by atoms with Crippen LogP contribution in [0.5, 0.6) is 11.5 Å². The maximum atomic E-state index is 13.2. The molecule has 1 rings (SSSR count). The van der Waals surface area contributed by atoms with Crippen LogP contribution in [0.3, 0.4) is 0 Å². The average molecular weight is 327 g/mol. The van der Waals surface area contributed by atoms with Gasteiger partial charge in [0.25, 0.3) is 5.92 Å². The highest BCUT2D eigenvalue weighted by atomic mass is 19.4. The van der Waals surface area contributed by atoms with Gasteiger partial charge in [-0.2, -0.15) is 0 Å². The van der Waals surface area contributed by atoms with E-state index in [9.17, 15) is 22.0 Å². The second-order valence-electron chi connectivity index (χ2n) is 5.80. The molecule has 0 heterocycles. The van der Waals surface area contributed by atoms with E-state index in [0.717, 1.165) is 12.1 Å². The molecule has 0 aromatic heterocycles. The van der Waals surface area contributed by atoms with Gasteiger partial charge in [-0.3, -0.25) is 0 Å².